The van der Waals surface area contributed by atoms with E-state index in [-0.39, 0.29) is 11.5 Å². The fraction of sp³-hybridized carbons (Fsp3) is 0.333. The van der Waals surface area contributed by atoms with Crippen molar-refractivity contribution in [3.8, 4) is 0 Å². The third kappa shape index (κ3) is 2.66. The highest BCUT2D eigenvalue weighted by molar-refractivity contribution is 5.79. The van der Waals surface area contributed by atoms with Gasteiger partial charge in [0, 0.05) is 12.3 Å². The fourth-order valence-corrected chi connectivity index (χ4v) is 1.10. The third-order valence-corrected chi connectivity index (χ3v) is 1.89. The Labute approximate surface area is 91.6 Å². The van der Waals surface area contributed by atoms with E-state index >= 15 is 0 Å². The molecular formula is C9H11N3O4. The van der Waals surface area contributed by atoms with Crippen molar-refractivity contribution in [2.45, 2.75) is 13.0 Å². The normalized spacial score (nSPS) is 11.6. The molecule has 0 bridgehead atoms. The maximum atomic E-state index is 11.1. The highest BCUT2D eigenvalue weighted by Gasteiger charge is 2.19. The van der Waals surface area contributed by atoms with Gasteiger partial charge in [0.05, 0.1) is 12.0 Å². The summed E-state index contributed by atoms with van der Waals surface area (Å²) < 4.78 is 4.49. The van der Waals surface area contributed by atoms with Gasteiger partial charge in [0.15, 0.2) is 0 Å². The fourth-order valence-electron chi connectivity index (χ4n) is 1.10. The molecule has 0 aliphatic heterocycles. The average molecular weight is 225 g/mol. The SMILES string of the molecule is COC(=O)C(C)Nc1ncccc1[N+](=O)[O-]. The third-order valence-electron chi connectivity index (χ3n) is 1.89. The zero-order chi connectivity index (χ0) is 12.1. The molecule has 86 valence electrons. The van der Waals surface area contributed by atoms with Crippen molar-refractivity contribution in [3.63, 3.8) is 0 Å². The lowest BCUT2D eigenvalue weighted by molar-refractivity contribution is -0.384. The lowest BCUT2D eigenvalue weighted by Crippen LogP contribution is -2.27. The summed E-state index contributed by atoms with van der Waals surface area (Å²) in [7, 11) is 1.24. The molecule has 0 radical (unpaired) electrons. The van der Waals surface area contributed by atoms with E-state index in [1.165, 1.54) is 32.4 Å². The van der Waals surface area contributed by atoms with Crippen molar-refractivity contribution in [3.05, 3.63) is 28.4 Å². The Hall–Kier alpha value is -2.18. The number of rotatable bonds is 4. The lowest BCUT2D eigenvalue weighted by atomic mass is 10.3. The summed E-state index contributed by atoms with van der Waals surface area (Å²) in [5, 5.41) is 13.3. The van der Waals surface area contributed by atoms with Crippen molar-refractivity contribution < 1.29 is 14.5 Å². The minimum Gasteiger partial charge on any atom is -0.467 e. The molecule has 0 amide bonds. The monoisotopic (exact) mass is 225 g/mol. The summed E-state index contributed by atoms with van der Waals surface area (Å²) in [5.41, 5.74) is -0.182. The number of anilines is 1. The Morgan fingerprint density at radius 3 is 2.94 bits per heavy atom. The molecular weight excluding hydrogens is 214 g/mol. The molecule has 0 aliphatic carbocycles. The first-order valence-electron chi connectivity index (χ1n) is 4.50. The molecule has 0 spiro atoms. The Morgan fingerprint density at radius 1 is 1.69 bits per heavy atom. The predicted molar refractivity (Wildman–Crippen MR) is 56.0 cm³/mol. The molecule has 1 atom stereocenters. The molecule has 0 aliphatic rings. The van der Waals surface area contributed by atoms with E-state index in [0.29, 0.717) is 0 Å². The van der Waals surface area contributed by atoms with Crippen LogP contribution in [-0.4, -0.2) is 29.0 Å². The summed E-state index contributed by atoms with van der Waals surface area (Å²) in [4.78, 5) is 25.0. The highest BCUT2D eigenvalue weighted by atomic mass is 16.6. The molecule has 1 aromatic heterocycles. The van der Waals surface area contributed by atoms with Gasteiger partial charge in [-0.25, -0.2) is 9.78 Å². The van der Waals surface area contributed by atoms with Crippen molar-refractivity contribution in [2.24, 2.45) is 0 Å². The molecule has 16 heavy (non-hydrogen) atoms. The molecule has 0 saturated carbocycles. The number of hydrogen-bond acceptors (Lipinski definition) is 6. The Kier molecular flexibility index (Phi) is 3.76. The number of nitro groups is 1. The largest absolute Gasteiger partial charge is 0.467 e. The van der Waals surface area contributed by atoms with Gasteiger partial charge in [0.1, 0.15) is 6.04 Å². The number of carbonyl (C=O) groups excluding carboxylic acids is 1. The maximum absolute atomic E-state index is 11.1. The van der Waals surface area contributed by atoms with Gasteiger partial charge in [-0.15, -0.1) is 0 Å². The van der Waals surface area contributed by atoms with Gasteiger partial charge in [-0.2, -0.15) is 0 Å². The topological polar surface area (TPSA) is 94.4 Å². The van der Waals surface area contributed by atoms with Crippen LogP contribution in [0.15, 0.2) is 18.3 Å². The number of ether oxygens (including phenoxy) is 1. The number of carbonyl (C=O) groups is 1. The number of aromatic nitrogens is 1. The summed E-state index contributed by atoms with van der Waals surface area (Å²) in [6.07, 6.45) is 1.40. The summed E-state index contributed by atoms with van der Waals surface area (Å²) in [6.45, 7) is 1.53. The van der Waals surface area contributed by atoms with Gasteiger partial charge in [-0.1, -0.05) is 0 Å². The van der Waals surface area contributed by atoms with Crippen LogP contribution >= 0.6 is 0 Å². The number of nitrogens with one attached hydrogen (secondary N) is 1. The van der Waals surface area contributed by atoms with Gasteiger partial charge in [-0.05, 0) is 13.0 Å². The molecule has 0 aromatic carbocycles. The highest BCUT2D eigenvalue weighted by Crippen LogP contribution is 2.20. The van der Waals surface area contributed by atoms with Gasteiger partial charge >= 0.3 is 11.7 Å². The van der Waals surface area contributed by atoms with Crippen LogP contribution in [0.25, 0.3) is 0 Å². The zero-order valence-corrected chi connectivity index (χ0v) is 8.84. The standard InChI is InChI=1S/C9H11N3O4/c1-6(9(13)16-2)11-8-7(12(14)15)4-3-5-10-8/h3-6H,1-2H3,(H,10,11). The second-order valence-electron chi connectivity index (χ2n) is 3.02. The first-order chi connectivity index (χ1) is 7.56. The second kappa shape index (κ2) is 5.06. The van der Waals surface area contributed by atoms with Crippen molar-refractivity contribution in [1.29, 1.82) is 0 Å². The van der Waals surface area contributed by atoms with Crippen molar-refractivity contribution >= 4 is 17.5 Å². The van der Waals surface area contributed by atoms with Crippen LogP contribution < -0.4 is 5.32 Å². The van der Waals surface area contributed by atoms with E-state index < -0.39 is 16.9 Å². The molecule has 1 rings (SSSR count). The molecule has 7 heteroatoms. The van der Waals surface area contributed by atoms with Crippen LogP contribution in [-0.2, 0) is 9.53 Å². The number of hydrogen-bond donors (Lipinski definition) is 1. The number of methoxy groups -OCH3 is 1. The smallest absolute Gasteiger partial charge is 0.328 e. The van der Waals surface area contributed by atoms with E-state index in [4.69, 9.17) is 0 Å². The summed E-state index contributed by atoms with van der Waals surface area (Å²) >= 11 is 0. The van der Waals surface area contributed by atoms with E-state index in [0.717, 1.165) is 0 Å². The average Bonchev–Trinajstić information content (AvgIpc) is 2.28. The minimum absolute atomic E-state index is 0.0467. The van der Waals surface area contributed by atoms with Crippen LogP contribution in [0.1, 0.15) is 6.92 Å². The maximum Gasteiger partial charge on any atom is 0.328 e. The number of nitrogens with zero attached hydrogens (tertiary/aromatic N) is 2. The van der Waals surface area contributed by atoms with Crippen molar-refractivity contribution in [1.82, 2.24) is 4.98 Å². The number of esters is 1. The molecule has 1 heterocycles. The quantitative estimate of drug-likeness (QED) is 0.466. The van der Waals surface area contributed by atoms with Crippen LogP contribution in [0.4, 0.5) is 11.5 Å². The van der Waals surface area contributed by atoms with Crippen LogP contribution in [0.5, 0.6) is 0 Å². The van der Waals surface area contributed by atoms with E-state index in [1.807, 2.05) is 0 Å². The summed E-state index contributed by atoms with van der Waals surface area (Å²) in [5.74, 6) is -0.467. The van der Waals surface area contributed by atoms with E-state index in [9.17, 15) is 14.9 Å². The second-order valence-corrected chi connectivity index (χ2v) is 3.02. The Morgan fingerprint density at radius 2 is 2.38 bits per heavy atom. The zero-order valence-electron chi connectivity index (χ0n) is 8.84. The minimum atomic E-state index is -0.696. The van der Waals surface area contributed by atoms with Crippen LogP contribution in [0.2, 0.25) is 0 Å². The summed E-state index contributed by atoms with van der Waals surface area (Å²) in [6, 6.07) is 2.06. The molecule has 0 fully saturated rings. The molecule has 1 N–H and O–H groups in total. The first kappa shape index (κ1) is 11.9. The molecule has 7 nitrogen and oxygen atoms in total. The van der Waals surface area contributed by atoms with Crippen LogP contribution in [0.3, 0.4) is 0 Å². The van der Waals surface area contributed by atoms with E-state index in [1.54, 1.807) is 0 Å². The van der Waals surface area contributed by atoms with Gasteiger partial charge in [0.2, 0.25) is 5.82 Å². The van der Waals surface area contributed by atoms with Gasteiger partial charge in [-0.3, -0.25) is 10.1 Å². The van der Waals surface area contributed by atoms with Crippen molar-refractivity contribution in [2.75, 3.05) is 12.4 Å². The molecule has 1 unspecified atom stereocenters. The lowest BCUT2D eigenvalue weighted by Gasteiger charge is -2.11. The molecule has 0 saturated heterocycles. The predicted octanol–water partition coefficient (Wildman–Crippen LogP) is 0.963. The first-order valence-corrected chi connectivity index (χ1v) is 4.50. The number of pyridine rings is 1. The molecule has 1 aromatic rings. The van der Waals surface area contributed by atoms with Gasteiger partial charge in [0.25, 0.3) is 0 Å². The van der Waals surface area contributed by atoms with E-state index in [2.05, 4.69) is 15.0 Å². The van der Waals surface area contributed by atoms with Gasteiger partial charge < -0.3 is 10.1 Å². The van der Waals surface area contributed by atoms with Crippen LogP contribution in [0, 0.1) is 10.1 Å². The Bertz CT molecular complexity index is 407. The Balaban J connectivity index is 2.88.